The van der Waals surface area contributed by atoms with Crippen LogP contribution >= 0.6 is 27.7 Å². The van der Waals surface area contributed by atoms with Crippen molar-refractivity contribution in [2.45, 2.75) is 9.79 Å². The zero-order chi connectivity index (χ0) is 13.8. The van der Waals surface area contributed by atoms with Crippen molar-refractivity contribution < 1.29 is 9.72 Å². The van der Waals surface area contributed by atoms with Crippen LogP contribution in [0.15, 0.2) is 56.7 Å². The van der Waals surface area contributed by atoms with Gasteiger partial charge < -0.3 is 0 Å². The molecule has 96 valence electrons. The van der Waals surface area contributed by atoms with Crippen LogP contribution in [0.5, 0.6) is 0 Å². The number of carbonyl (C=O) groups is 1. The summed E-state index contributed by atoms with van der Waals surface area (Å²) < 4.78 is 0.947. The van der Waals surface area contributed by atoms with E-state index >= 15 is 0 Å². The Morgan fingerprint density at radius 3 is 2.42 bits per heavy atom. The minimum Gasteiger partial charge on any atom is -0.298 e. The van der Waals surface area contributed by atoms with Gasteiger partial charge in [-0.15, -0.1) is 0 Å². The molecule has 0 aliphatic heterocycles. The van der Waals surface area contributed by atoms with Gasteiger partial charge in [-0.05, 0) is 30.3 Å². The van der Waals surface area contributed by atoms with Gasteiger partial charge in [-0.3, -0.25) is 14.9 Å². The molecule has 0 heterocycles. The Kier molecular flexibility index (Phi) is 4.34. The molecular formula is C13H8BrNO3S. The molecule has 2 aromatic carbocycles. The average Bonchev–Trinajstić information content (AvgIpc) is 2.41. The van der Waals surface area contributed by atoms with Crippen LogP contribution in [0.25, 0.3) is 0 Å². The van der Waals surface area contributed by atoms with Crippen molar-refractivity contribution in [2.24, 2.45) is 0 Å². The van der Waals surface area contributed by atoms with Crippen molar-refractivity contribution in [2.75, 3.05) is 0 Å². The molecule has 0 spiro atoms. The highest BCUT2D eigenvalue weighted by Gasteiger charge is 2.15. The summed E-state index contributed by atoms with van der Waals surface area (Å²) in [6, 6.07) is 11.9. The first kappa shape index (κ1) is 13.8. The van der Waals surface area contributed by atoms with Crippen molar-refractivity contribution in [3.05, 3.63) is 62.6 Å². The van der Waals surface area contributed by atoms with Crippen molar-refractivity contribution in [1.29, 1.82) is 0 Å². The minimum absolute atomic E-state index is 0.0579. The maximum absolute atomic E-state index is 11.0. The molecule has 0 N–H and O–H groups in total. The average molecular weight is 338 g/mol. The molecule has 0 saturated heterocycles. The van der Waals surface area contributed by atoms with Crippen LogP contribution in [0.3, 0.4) is 0 Å². The van der Waals surface area contributed by atoms with Gasteiger partial charge in [0.15, 0.2) is 0 Å². The van der Waals surface area contributed by atoms with Gasteiger partial charge in [-0.25, -0.2) is 0 Å². The molecule has 0 bridgehead atoms. The van der Waals surface area contributed by atoms with Gasteiger partial charge in [0.25, 0.3) is 5.69 Å². The van der Waals surface area contributed by atoms with E-state index < -0.39 is 4.92 Å². The Morgan fingerprint density at radius 1 is 1.16 bits per heavy atom. The molecule has 0 aliphatic carbocycles. The molecule has 6 heteroatoms. The van der Waals surface area contributed by atoms with Crippen molar-refractivity contribution in [1.82, 2.24) is 0 Å². The fourth-order valence-corrected chi connectivity index (χ4v) is 2.63. The van der Waals surface area contributed by atoms with Gasteiger partial charge in [-0.1, -0.05) is 33.8 Å². The second kappa shape index (κ2) is 5.99. The Hall–Kier alpha value is -1.66. The van der Waals surface area contributed by atoms with Crippen molar-refractivity contribution in [3.8, 4) is 0 Å². The fourth-order valence-electron chi connectivity index (χ4n) is 1.47. The highest BCUT2D eigenvalue weighted by Crippen LogP contribution is 2.35. The predicted molar refractivity (Wildman–Crippen MR) is 76.7 cm³/mol. The molecule has 2 aromatic rings. The summed E-state index contributed by atoms with van der Waals surface area (Å²) in [5.74, 6) is 0. The Labute approximate surface area is 122 Å². The SMILES string of the molecule is O=Cc1ccc(Sc2ccc(Br)cc2)c([N+](=O)[O-])c1. The fraction of sp³-hybridized carbons (Fsp3) is 0. The van der Waals surface area contributed by atoms with Crippen LogP contribution in [0, 0.1) is 10.1 Å². The second-order valence-electron chi connectivity index (χ2n) is 3.66. The van der Waals surface area contributed by atoms with E-state index in [2.05, 4.69) is 15.9 Å². The van der Waals surface area contributed by atoms with E-state index in [9.17, 15) is 14.9 Å². The smallest absolute Gasteiger partial charge is 0.283 e. The van der Waals surface area contributed by atoms with Gasteiger partial charge in [0, 0.05) is 21.0 Å². The first-order valence-electron chi connectivity index (χ1n) is 5.27. The van der Waals surface area contributed by atoms with Gasteiger partial charge in [0.2, 0.25) is 0 Å². The molecule has 0 fully saturated rings. The second-order valence-corrected chi connectivity index (χ2v) is 5.69. The van der Waals surface area contributed by atoms with E-state index in [-0.39, 0.29) is 5.69 Å². The molecule has 2 rings (SSSR count). The van der Waals surface area contributed by atoms with Gasteiger partial charge >= 0.3 is 0 Å². The number of benzene rings is 2. The zero-order valence-corrected chi connectivity index (χ0v) is 12.0. The molecule has 0 aliphatic rings. The van der Waals surface area contributed by atoms with E-state index in [0.717, 1.165) is 9.37 Å². The van der Waals surface area contributed by atoms with Crippen LogP contribution in [0.2, 0.25) is 0 Å². The van der Waals surface area contributed by atoms with Crippen LogP contribution in [-0.4, -0.2) is 11.2 Å². The lowest BCUT2D eigenvalue weighted by atomic mass is 10.2. The molecule has 0 unspecified atom stereocenters. The number of halogens is 1. The monoisotopic (exact) mass is 337 g/mol. The van der Waals surface area contributed by atoms with Crippen molar-refractivity contribution >= 4 is 39.7 Å². The molecular weight excluding hydrogens is 330 g/mol. The number of carbonyl (C=O) groups excluding carboxylic acids is 1. The lowest BCUT2D eigenvalue weighted by molar-refractivity contribution is -0.387. The first-order valence-corrected chi connectivity index (χ1v) is 6.88. The zero-order valence-electron chi connectivity index (χ0n) is 9.58. The highest BCUT2D eigenvalue weighted by molar-refractivity contribution is 9.10. The van der Waals surface area contributed by atoms with Gasteiger partial charge in [-0.2, -0.15) is 0 Å². The number of hydrogen-bond acceptors (Lipinski definition) is 4. The lowest BCUT2D eigenvalue weighted by Gasteiger charge is -2.03. The van der Waals surface area contributed by atoms with E-state index in [0.29, 0.717) is 16.7 Å². The van der Waals surface area contributed by atoms with E-state index in [4.69, 9.17) is 0 Å². The predicted octanol–water partition coefficient (Wildman–Crippen LogP) is 4.32. The Balaban J connectivity index is 2.36. The van der Waals surface area contributed by atoms with Crippen LogP contribution in [0.4, 0.5) is 5.69 Å². The van der Waals surface area contributed by atoms with Gasteiger partial charge in [0.1, 0.15) is 6.29 Å². The first-order chi connectivity index (χ1) is 9.10. The van der Waals surface area contributed by atoms with Crippen LogP contribution in [0.1, 0.15) is 10.4 Å². The number of nitro benzene ring substituents is 1. The maximum Gasteiger partial charge on any atom is 0.283 e. The normalized spacial score (nSPS) is 10.2. The molecule has 4 nitrogen and oxygen atoms in total. The molecule has 19 heavy (non-hydrogen) atoms. The molecule has 0 atom stereocenters. The highest BCUT2D eigenvalue weighted by atomic mass is 79.9. The molecule has 0 aromatic heterocycles. The Morgan fingerprint density at radius 2 is 1.84 bits per heavy atom. The van der Waals surface area contributed by atoms with E-state index in [1.165, 1.54) is 17.8 Å². The number of nitro groups is 1. The summed E-state index contributed by atoms with van der Waals surface area (Å²) in [6.07, 6.45) is 0.598. The number of aldehydes is 1. The number of nitrogens with zero attached hydrogens (tertiary/aromatic N) is 1. The summed E-state index contributed by atoms with van der Waals surface area (Å²) in [6.45, 7) is 0. The standard InChI is InChI=1S/C13H8BrNO3S/c14-10-2-4-11(5-3-10)19-13-6-1-9(8-16)7-12(13)15(17)18/h1-8H. The summed E-state index contributed by atoms with van der Waals surface area (Å²) >= 11 is 4.62. The topological polar surface area (TPSA) is 60.2 Å². The third-order valence-corrected chi connectivity index (χ3v) is 3.96. The number of rotatable bonds is 4. The van der Waals surface area contributed by atoms with Crippen LogP contribution < -0.4 is 0 Å². The maximum atomic E-state index is 11.0. The lowest BCUT2D eigenvalue weighted by Crippen LogP contribution is -1.92. The molecule has 0 radical (unpaired) electrons. The number of hydrogen-bond donors (Lipinski definition) is 0. The minimum atomic E-state index is -0.478. The summed E-state index contributed by atoms with van der Waals surface area (Å²) in [4.78, 5) is 22.6. The van der Waals surface area contributed by atoms with E-state index in [1.807, 2.05) is 24.3 Å². The molecule has 0 amide bonds. The van der Waals surface area contributed by atoms with Crippen LogP contribution in [-0.2, 0) is 0 Å². The summed E-state index contributed by atoms with van der Waals surface area (Å²) in [5, 5.41) is 11.0. The third kappa shape index (κ3) is 3.42. The largest absolute Gasteiger partial charge is 0.298 e. The summed E-state index contributed by atoms with van der Waals surface area (Å²) in [5.41, 5.74) is 0.240. The quantitative estimate of drug-likeness (QED) is 0.473. The van der Waals surface area contributed by atoms with Gasteiger partial charge in [0.05, 0.1) is 9.82 Å². The molecule has 0 saturated carbocycles. The third-order valence-electron chi connectivity index (χ3n) is 2.36. The summed E-state index contributed by atoms with van der Waals surface area (Å²) in [7, 11) is 0. The van der Waals surface area contributed by atoms with E-state index in [1.54, 1.807) is 12.1 Å². The van der Waals surface area contributed by atoms with Crippen molar-refractivity contribution in [3.63, 3.8) is 0 Å². The Bertz CT molecular complexity index is 628.